The number of amides is 3. The lowest BCUT2D eigenvalue weighted by Gasteiger charge is -2.13. The smallest absolute Gasteiger partial charge is 0.349 e. The zero-order chi connectivity index (χ0) is 26.5. The zero-order valence-corrected chi connectivity index (χ0v) is 21.1. The van der Waals surface area contributed by atoms with Crippen LogP contribution in [-0.4, -0.2) is 47.7 Å². The summed E-state index contributed by atoms with van der Waals surface area (Å²) in [5.74, 6) is -2.78. The molecular weight excluding hydrogens is 496 g/mol. The van der Waals surface area contributed by atoms with Gasteiger partial charge in [-0.1, -0.05) is 42.5 Å². The van der Waals surface area contributed by atoms with Crippen molar-refractivity contribution < 1.29 is 33.4 Å². The Labute approximate surface area is 217 Å². The fraction of sp³-hybridized carbons (Fsp3) is 0.222. The molecule has 0 atom stereocenters. The molecule has 190 valence electrons. The Bertz CT molecular complexity index is 1350. The SMILES string of the molecule is CCOC(=O)c1c(NC(=O)CCN2C(=O)c3ccccc3C2=O)sc(C(=O)OCc2ccccc2)c1C. The Balaban J connectivity index is 1.47. The minimum Gasteiger partial charge on any atom is -0.462 e. The third-order valence-corrected chi connectivity index (χ3v) is 6.91. The van der Waals surface area contributed by atoms with E-state index in [1.165, 1.54) is 0 Å². The van der Waals surface area contributed by atoms with E-state index in [0.29, 0.717) is 16.7 Å². The van der Waals surface area contributed by atoms with Crippen LogP contribution < -0.4 is 5.32 Å². The molecule has 0 saturated carbocycles. The van der Waals surface area contributed by atoms with Gasteiger partial charge < -0.3 is 14.8 Å². The summed E-state index contributed by atoms with van der Waals surface area (Å²) in [4.78, 5) is 64.5. The molecule has 3 aromatic rings. The molecule has 0 aliphatic carbocycles. The number of anilines is 1. The first-order valence-electron chi connectivity index (χ1n) is 11.6. The maximum absolute atomic E-state index is 12.8. The summed E-state index contributed by atoms with van der Waals surface area (Å²) >= 11 is 0.906. The number of nitrogens with zero attached hydrogens (tertiary/aromatic N) is 1. The number of imide groups is 1. The highest BCUT2D eigenvalue weighted by atomic mass is 32.1. The van der Waals surface area contributed by atoms with Crippen molar-refractivity contribution in [2.45, 2.75) is 26.9 Å². The monoisotopic (exact) mass is 520 g/mol. The molecule has 1 aliphatic rings. The van der Waals surface area contributed by atoms with Gasteiger partial charge in [-0.15, -0.1) is 11.3 Å². The first-order valence-corrected chi connectivity index (χ1v) is 12.4. The Hall–Kier alpha value is -4.31. The topological polar surface area (TPSA) is 119 Å². The minimum absolute atomic E-state index is 0.0493. The van der Waals surface area contributed by atoms with Gasteiger partial charge in [-0.3, -0.25) is 19.3 Å². The summed E-state index contributed by atoms with van der Waals surface area (Å²) in [7, 11) is 0. The number of ether oxygens (including phenoxy) is 2. The molecule has 0 bridgehead atoms. The van der Waals surface area contributed by atoms with Crippen LogP contribution >= 0.6 is 11.3 Å². The maximum Gasteiger partial charge on any atom is 0.349 e. The van der Waals surface area contributed by atoms with Gasteiger partial charge in [0.2, 0.25) is 5.91 Å². The summed E-state index contributed by atoms with van der Waals surface area (Å²) in [6.45, 7) is 3.25. The molecule has 9 nitrogen and oxygen atoms in total. The van der Waals surface area contributed by atoms with E-state index >= 15 is 0 Å². The van der Waals surface area contributed by atoms with Gasteiger partial charge in [0, 0.05) is 13.0 Å². The van der Waals surface area contributed by atoms with Crippen LogP contribution in [0.2, 0.25) is 0 Å². The number of carbonyl (C=O) groups excluding carboxylic acids is 5. The van der Waals surface area contributed by atoms with Gasteiger partial charge in [0.05, 0.1) is 23.3 Å². The zero-order valence-electron chi connectivity index (χ0n) is 20.2. The molecule has 37 heavy (non-hydrogen) atoms. The highest BCUT2D eigenvalue weighted by molar-refractivity contribution is 7.18. The van der Waals surface area contributed by atoms with Crippen LogP contribution in [0.4, 0.5) is 5.00 Å². The number of nitrogens with one attached hydrogen (secondary N) is 1. The Morgan fingerprint density at radius 3 is 2.14 bits per heavy atom. The van der Waals surface area contributed by atoms with Crippen LogP contribution in [0.15, 0.2) is 54.6 Å². The molecule has 4 rings (SSSR count). The molecular formula is C27H24N2O7S. The summed E-state index contributed by atoms with van der Waals surface area (Å²) in [5, 5.41) is 2.77. The molecule has 2 aromatic carbocycles. The van der Waals surface area contributed by atoms with Gasteiger partial charge in [-0.25, -0.2) is 9.59 Å². The second-order valence-corrected chi connectivity index (χ2v) is 9.17. The fourth-order valence-corrected chi connectivity index (χ4v) is 4.98. The van der Waals surface area contributed by atoms with E-state index in [9.17, 15) is 24.0 Å². The Morgan fingerprint density at radius 2 is 1.51 bits per heavy atom. The largest absolute Gasteiger partial charge is 0.462 e. The molecule has 2 heterocycles. The molecule has 1 N–H and O–H groups in total. The summed E-state index contributed by atoms with van der Waals surface area (Å²) < 4.78 is 10.5. The summed E-state index contributed by atoms with van der Waals surface area (Å²) in [5.41, 5.74) is 1.79. The van der Waals surface area contributed by atoms with E-state index in [0.717, 1.165) is 21.8 Å². The summed E-state index contributed by atoms with van der Waals surface area (Å²) in [6.07, 6.45) is -0.196. The second kappa shape index (κ2) is 11.2. The van der Waals surface area contributed by atoms with Crippen molar-refractivity contribution in [1.82, 2.24) is 4.90 Å². The second-order valence-electron chi connectivity index (χ2n) is 8.15. The number of benzene rings is 2. The Morgan fingerprint density at radius 1 is 0.892 bits per heavy atom. The Kier molecular flexibility index (Phi) is 7.78. The third-order valence-electron chi connectivity index (χ3n) is 5.72. The standard InChI is InChI=1S/C27H24N2O7S/c1-3-35-26(33)21-16(2)22(27(34)36-15-17-9-5-4-6-10-17)37-23(21)28-20(30)13-14-29-24(31)18-11-7-8-12-19(18)25(29)32/h4-12H,3,13-15H2,1-2H3,(H,28,30). The van der Waals surface area contributed by atoms with Gasteiger partial charge >= 0.3 is 11.9 Å². The number of hydrogen-bond donors (Lipinski definition) is 1. The predicted molar refractivity (Wildman–Crippen MR) is 136 cm³/mol. The quantitative estimate of drug-likeness (QED) is 0.331. The van der Waals surface area contributed by atoms with Crippen LogP contribution in [0.5, 0.6) is 0 Å². The lowest BCUT2D eigenvalue weighted by molar-refractivity contribution is -0.116. The van der Waals surface area contributed by atoms with Crippen molar-refractivity contribution in [2.75, 3.05) is 18.5 Å². The van der Waals surface area contributed by atoms with Gasteiger partial charge in [-0.05, 0) is 37.1 Å². The number of esters is 2. The number of rotatable bonds is 9. The lowest BCUT2D eigenvalue weighted by atomic mass is 10.1. The van der Waals surface area contributed by atoms with Crippen LogP contribution in [0.1, 0.15) is 65.2 Å². The molecule has 1 aliphatic heterocycles. The van der Waals surface area contributed by atoms with Crippen molar-refractivity contribution in [2.24, 2.45) is 0 Å². The number of hydrogen-bond acceptors (Lipinski definition) is 8. The van der Waals surface area contributed by atoms with Crippen molar-refractivity contribution in [3.8, 4) is 0 Å². The van der Waals surface area contributed by atoms with Crippen molar-refractivity contribution in [3.05, 3.63) is 87.3 Å². The van der Waals surface area contributed by atoms with Crippen LogP contribution in [0.3, 0.4) is 0 Å². The normalized spacial score (nSPS) is 12.3. The third kappa shape index (κ3) is 5.44. The number of carbonyl (C=O) groups is 5. The van der Waals surface area contributed by atoms with Crippen molar-refractivity contribution in [1.29, 1.82) is 0 Å². The maximum atomic E-state index is 12.8. The van der Waals surface area contributed by atoms with E-state index in [1.807, 2.05) is 30.3 Å². The molecule has 0 unspecified atom stereocenters. The van der Waals surface area contributed by atoms with Gasteiger partial charge in [0.25, 0.3) is 11.8 Å². The average molecular weight is 521 g/mol. The van der Waals surface area contributed by atoms with Crippen LogP contribution in [0.25, 0.3) is 0 Å². The highest BCUT2D eigenvalue weighted by Crippen LogP contribution is 2.34. The lowest BCUT2D eigenvalue weighted by Crippen LogP contribution is -2.32. The summed E-state index contributed by atoms with van der Waals surface area (Å²) in [6, 6.07) is 15.6. The first kappa shape index (κ1) is 25.8. The minimum atomic E-state index is -0.686. The van der Waals surface area contributed by atoms with Gasteiger partial charge in [-0.2, -0.15) is 0 Å². The van der Waals surface area contributed by atoms with Gasteiger partial charge in [0.1, 0.15) is 16.5 Å². The van der Waals surface area contributed by atoms with Crippen LogP contribution in [0, 0.1) is 6.92 Å². The van der Waals surface area contributed by atoms with E-state index in [1.54, 1.807) is 38.1 Å². The molecule has 3 amide bonds. The predicted octanol–water partition coefficient (Wildman–Crippen LogP) is 4.22. The van der Waals surface area contributed by atoms with Gasteiger partial charge in [0.15, 0.2) is 0 Å². The molecule has 0 radical (unpaired) electrons. The molecule has 1 aromatic heterocycles. The van der Waals surface area contributed by atoms with E-state index in [2.05, 4.69) is 5.32 Å². The van der Waals surface area contributed by atoms with Crippen LogP contribution in [-0.2, 0) is 20.9 Å². The molecule has 0 spiro atoms. The first-order chi connectivity index (χ1) is 17.8. The van der Waals surface area contributed by atoms with Crippen molar-refractivity contribution >= 4 is 46.0 Å². The van der Waals surface area contributed by atoms with Crippen molar-refractivity contribution in [3.63, 3.8) is 0 Å². The average Bonchev–Trinajstić information content (AvgIpc) is 3.35. The number of thiophene rings is 1. The molecule has 0 saturated heterocycles. The van der Waals surface area contributed by atoms with E-state index in [4.69, 9.17) is 9.47 Å². The number of fused-ring (bicyclic) bond motifs is 1. The van der Waals surface area contributed by atoms with E-state index < -0.39 is 29.7 Å². The fourth-order valence-electron chi connectivity index (χ4n) is 3.88. The molecule has 10 heteroatoms. The highest BCUT2D eigenvalue weighted by Gasteiger charge is 2.35. The molecule has 0 fully saturated rings. The van der Waals surface area contributed by atoms with E-state index in [-0.39, 0.29) is 41.6 Å².